The normalized spacial score (nSPS) is 11.3. The van der Waals surface area contributed by atoms with Gasteiger partial charge in [-0.15, -0.1) is 22.7 Å². The van der Waals surface area contributed by atoms with E-state index in [4.69, 9.17) is 0 Å². The van der Waals surface area contributed by atoms with Crippen molar-refractivity contribution in [2.45, 2.75) is 78.1 Å². The second kappa shape index (κ2) is 10.7. The van der Waals surface area contributed by atoms with Gasteiger partial charge in [-0.2, -0.15) is 0 Å². The molecule has 0 aliphatic rings. The van der Waals surface area contributed by atoms with E-state index in [1.807, 2.05) is 22.7 Å². The fourth-order valence-electron chi connectivity index (χ4n) is 2.99. The minimum atomic E-state index is 1.23. The summed E-state index contributed by atoms with van der Waals surface area (Å²) in [5.41, 5.74) is 3.12. The van der Waals surface area contributed by atoms with E-state index in [1.165, 1.54) is 77.7 Å². The van der Waals surface area contributed by atoms with E-state index in [-0.39, 0.29) is 0 Å². The molecule has 0 amide bonds. The van der Waals surface area contributed by atoms with Crippen LogP contribution in [0.1, 0.15) is 76.3 Å². The molecule has 0 saturated carbocycles. The molecule has 0 spiro atoms. The SMILES string of the molecule is CCCCCCc1ccsc1-c1sc(Br)cc1CCCCCC. The minimum absolute atomic E-state index is 1.23. The van der Waals surface area contributed by atoms with E-state index in [1.54, 1.807) is 11.1 Å². The molecular formula is C20H29BrS2. The second-order valence-corrected chi connectivity index (χ2v) is 9.65. The zero-order valence-electron chi connectivity index (χ0n) is 14.5. The molecule has 23 heavy (non-hydrogen) atoms. The Kier molecular flexibility index (Phi) is 8.92. The Morgan fingerprint density at radius 3 is 2.13 bits per heavy atom. The summed E-state index contributed by atoms with van der Waals surface area (Å²) >= 11 is 7.56. The molecule has 0 aliphatic heterocycles. The van der Waals surface area contributed by atoms with E-state index < -0.39 is 0 Å². The van der Waals surface area contributed by atoms with Crippen LogP contribution in [0.4, 0.5) is 0 Å². The molecule has 3 heteroatoms. The lowest BCUT2D eigenvalue weighted by molar-refractivity contribution is 0.666. The molecule has 0 unspecified atom stereocenters. The molecule has 0 atom stereocenters. The summed E-state index contributed by atoms with van der Waals surface area (Å²) in [5.74, 6) is 0. The van der Waals surface area contributed by atoms with Crippen LogP contribution < -0.4 is 0 Å². The van der Waals surface area contributed by atoms with Crippen molar-refractivity contribution in [2.24, 2.45) is 0 Å². The highest BCUT2D eigenvalue weighted by Gasteiger charge is 2.14. The zero-order valence-corrected chi connectivity index (χ0v) is 17.7. The van der Waals surface area contributed by atoms with Gasteiger partial charge in [-0.3, -0.25) is 0 Å². The van der Waals surface area contributed by atoms with Gasteiger partial charge in [0, 0.05) is 9.75 Å². The third-order valence-corrected chi connectivity index (χ3v) is 7.13. The number of rotatable bonds is 11. The molecule has 2 aromatic heterocycles. The maximum Gasteiger partial charge on any atom is 0.0708 e. The van der Waals surface area contributed by atoms with Crippen LogP contribution in [0.5, 0.6) is 0 Å². The molecule has 0 fully saturated rings. The van der Waals surface area contributed by atoms with Gasteiger partial charge in [-0.1, -0.05) is 52.4 Å². The van der Waals surface area contributed by atoms with Gasteiger partial charge in [0.25, 0.3) is 0 Å². The van der Waals surface area contributed by atoms with E-state index >= 15 is 0 Å². The Hall–Kier alpha value is -0.120. The Bertz CT molecular complexity index is 568. The van der Waals surface area contributed by atoms with Crippen LogP contribution >= 0.6 is 38.6 Å². The van der Waals surface area contributed by atoms with Crippen LogP contribution in [0.2, 0.25) is 0 Å². The van der Waals surface area contributed by atoms with Crippen molar-refractivity contribution < 1.29 is 0 Å². The first-order chi connectivity index (χ1) is 11.3. The molecule has 0 saturated heterocycles. The van der Waals surface area contributed by atoms with Crippen molar-refractivity contribution in [3.63, 3.8) is 0 Å². The molecular weight excluding hydrogens is 384 g/mol. The van der Waals surface area contributed by atoms with Crippen LogP contribution in [0.15, 0.2) is 21.3 Å². The number of unbranched alkanes of at least 4 members (excludes halogenated alkanes) is 6. The van der Waals surface area contributed by atoms with Gasteiger partial charge in [-0.05, 0) is 70.3 Å². The summed E-state index contributed by atoms with van der Waals surface area (Å²) in [6, 6.07) is 4.70. The number of thiophene rings is 2. The Balaban J connectivity index is 2.04. The van der Waals surface area contributed by atoms with Gasteiger partial charge in [-0.25, -0.2) is 0 Å². The van der Waals surface area contributed by atoms with Crippen LogP contribution in [-0.2, 0) is 12.8 Å². The van der Waals surface area contributed by atoms with Gasteiger partial charge in [0.15, 0.2) is 0 Å². The zero-order chi connectivity index (χ0) is 16.5. The second-order valence-electron chi connectivity index (χ2n) is 6.30. The molecule has 2 rings (SSSR count). The topological polar surface area (TPSA) is 0 Å². The van der Waals surface area contributed by atoms with Gasteiger partial charge in [0.05, 0.1) is 3.79 Å². The van der Waals surface area contributed by atoms with E-state index in [2.05, 4.69) is 47.3 Å². The third kappa shape index (κ3) is 6.03. The van der Waals surface area contributed by atoms with Crippen LogP contribution in [0, 0.1) is 0 Å². The first-order valence-corrected chi connectivity index (χ1v) is 11.6. The average Bonchev–Trinajstić information content (AvgIpc) is 3.14. The number of hydrogen-bond donors (Lipinski definition) is 0. The lowest BCUT2D eigenvalue weighted by Crippen LogP contribution is -1.89. The summed E-state index contributed by atoms with van der Waals surface area (Å²) in [5, 5.41) is 2.28. The summed E-state index contributed by atoms with van der Waals surface area (Å²) in [6.45, 7) is 4.56. The molecule has 0 N–H and O–H groups in total. The molecule has 0 radical (unpaired) electrons. The first kappa shape index (κ1) is 19.2. The third-order valence-electron chi connectivity index (χ3n) is 4.33. The Labute approximate surface area is 158 Å². The highest BCUT2D eigenvalue weighted by molar-refractivity contribution is 9.11. The van der Waals surface area contributed by atoms with Crippen molar-refractivity contribution in [1.82, 2.24) is 0 Å². The fourth-order valence-corrected chi connectivity index (χ4v) is 5.86. The minimum Gasteiger partial charge on any atom is -0.143 e. The number of aryl methyl sites for hydroxylation is 2. The highest BCUT2D eigenvalue weighted by Crippen LogP contribution is 2.41. The molecule has 2 heterocycles. The molecule has 2 aromatic rings. The van der Waals surface area contributed by atoms with Crippen molar-refractivity contribution in [3.8, 4) is 9.75 Å². The maximum atomic E-state index is 3.71. The monoisotopic (exact) mass is 412 g/mol. The van der Waals surface area contributed by atoms with E-state index in [0.29, 0.717) is 0 Å². The first-order valence-electron chi connectivity index (χ1n) is 9.11. The number of halogens is 1. The van der Waals surface area contributed by atoms with Crippen molar-refractivity contribution in [3.05, 3.63) is 32.4 Å². The van der Waals surface area contributed by atoms with Gasteiger partial charge in [0.1, 0.15) is 0 Å². The summed E-state index contributed by atoms with van der Waals surface area (Å²) in [4.78, 5) is 3.05. The van der Waals surface area contributed by atoms with Gasteiger partial charge < -0.3 is 0 Å². The summed E-state index contributed by atoms with van der Waals surface area (Å²) < 4.78 is 1.28. The summed E-state index contributed by atoms with van der Waals surface area (Å²) in [6.07, 6.45) is 13.2. The molecule has 128 valence electrons. The van der Waals surface area contributed by atoms with Crippen LogP contribution in [0.25, 0.3) is 9.75 Å². The lowest BCUT2D eigenvalue weighted by Gasteiger charge is -2.06. The van der Waals surface area contributed by atoms with Gasteiger partial charge >= 0.3 is 0 Å². The van der Waals surface area contributed by atoms with Crippen LogP contribution in [0.3, 0.4) is 0 Å². The van der Waals surface area contributed by atoms with Gasteiger partial charge in [0.2, 0.25) is 0 Å². The Morgan fingerprint density at radius 1 is 0.826 bits per heavy atom. The molecule has 0 aliphatic carbocycles. The predicted octanol–water partition coefficient (Wildman–Crippen LogP) is 8.48. The molecule has 0 bridgehead atoms. The Morgan fingerprint density at radius 2 is 1.48 bits per heavy atom. The van der Waals surface area contributed by atoms with E-state index in [0.717, 1.165) is 0 Å². The number of hydrogen-bond acceptors (Lipinski definition) is 2. The maximum absolute atomic E-state index is 3.71. The standard InChI is InChI=1S/C20H29BrS2/c1-3-5-7-9-11-16-13-14-22-19(16)20-17(15-18(21)23-20)12-10-8-6-4-2/h13-15H,3-12H2,1-2H3. The average molecular weight is 413 g/mol. The molecule has 0 aromatic carbocycles. The highest BCUT2D eigenvalue weighted by atomic mass is 79.9. The predicted molar refractivity (Wildman–Crippen MR) is 111 cm³/mol. The smallest absolute Gasteiger partial charge is 0.0708 e. The molecule has 0 nitrogen and oxygen atoms in total. The van der Waals surface area contributed by atoms with E-state index in [9.17, 15) is 0 Å². The van der Waals surface area contributed by atoms with Crippen molar-refractivity contribution in [1.29, 1.82) is 0 Å². The summed E-state index contributed by atoms with van der Waals surface area (Å²) in [7, 11) is 0. The van der Waals surface area contributed by atoms with Crippen LogP contribution in [-0.4, -0.2) is 0 Å². The van der Waals surface area contributed by atoms with Crippen molar-refractivity contribution in [2.75, 3.05) is 0 Å². The fraction of sp³-hybridized carbons (Fsp3) is 0.600. The quantitative estimate of drug-likeness (QED) is 0.324. The van der Waals surface area contributed by atoms with Crippen molar-refractivity contribution >= 4 is 38.6 Å². The lowest BCUT2D eigenvalue weighted by atomic mass is 10.0. The largest absolute Gasteiger partial charge is 0.143 e.